The van der Waals surface area contributed by atoms with Gasteiger partial charge in [-0.15, -0.1) is 0 Å². The summed E-state index contributed by atoms with van der Waals surface area (Å²) in [6.45, 7) is 10.4. The van der Waals surface area contributed by atoms with Gasteiger partial charge in [-0.05, 0) is 45.7 Å². The molecule has 0 spiro atoms. The van der Waals surface area contributed by atoms with Crippen molar-refractivity contribution in [1.82, 2.24) is 4.90 Å². The van der Waals surface area contributed by atoms with E-state index in [4.69, 9.17) is 9.47 Å². The second-order valence-electron chi connectivity index (χ2n) is 5.82. The number of rotatable bonds is 6. The standard InChI is InChI=1S/C17H27NO2/c1-14-4-8-17(9-5-14)20-16(3)7-6-15(2)18-10-12-19-13-11-18/h4-5,8-9,15-16H,6-7,10-13H2,1-3H3/t15-,16-/m0/s1. The third kappa shape index (κ3) is 4.80. The first-order chi connectivity index (χ1) is 9.65. The van der Waals surface area contributed by atoms with Gasteiger partial charge in [-0.3, -0.25) is 4.90 Å². The average molecular weight is 277 g/mol. The van der Waals surface area contributed by atoms with Crippen molar-refractivity contribution in [2.45, 2.75) is 45.8 Å². The van der Waals surface area contributed by atoms with Gasteiger partial charge < -0.3 is 9.47 Å². The summed E-state index contributed by atoms with van der Waals surface area (Å²) in [5.41, 5.74) is 1.27. The number of benzene rings is 1. The van der Waals surface area contributed by atoms with Crippen LogP contribution in [0.2, 0.25) is 0 Å². The minimum atomic E-state index is 0.265. The van der Waals surface area contributed by atoms with Gasteiger partial charge in [0.1, 0.15) is 5.75 Å². The lowest BCUT2D eigenvalue weighted by molar-refractivity contribution is 0.0164. The highest BCUT2D eigenvalue weighted by Crippen LogP contribution is 2.17. The Balaban J connectivity index is 1.71. The van der Waals surface area contributed by atoms with Crippen LogP contribution in [0, 0.1) is 6.92 Å². The van der Waals surface area contributed by atoms with E-state index in [1.165, 1.54) is 12.0 Å². The molecule has 0 N–H and O–H groups in total. The van der Waals surface area contributed by atoms with E-state index in [2.05, 4.69) is 49.9 Å². The average Bonchev–Trinajstić information content (AvgIpc) is 2.48. The maximum atomic E-state index is 5.96. The molecular weight excluding hydrogens is 250 g/mol. The maximum Gasteiger partial charge on any atom is 0.119 e. The Morgan fingerprint density at radius 2 is 1.75 bits per heavy atom. The van der Waals surface area contributed by atoms with Gasteiger partial charge in [0.25, 0.3) is 0 Å². The number of nitrogens with zero attached hydrogens (tertiary/aromatic N) is 1. The summed E-state index contributed by atoms with van der Waals surface area (Å²) >= 11 is 0. The lowest BCUT2D eigenvalue weighted by atomic mass is 10.1. The van der Waals surface area contributed by atoms with Crippen LogP contribution in [0.1, 0.15) is 32.3 Å². The quantitative estimate of drug-likeness (QED) is 0.796. The zero-order valence-corrected chi connectivity index (χ0v) is 13.0. The summed E-state index contributed by atoms with van der Waals surface area (Å²) in [4.78, 5) is 2.52. The molecule has 0 bridgehead atoms. The second-order valence-corrected chi connectivity index (χ2v) is 5.82. The monoisotopic (exact) mass is 277 g/mol. The largest absolute Gasteiger partial charge is 0.491 e. The Kier molecular flexibility index (Phi) is 5.86. The topological polar surface area (TPSA) is 21.7 Å². The third-order valence-electron chi connectivity index (χ3n) is 4.02. The predicted octanol–water partition coefficient (Wildman–Crippen LogP) is 3.26. The zero-order chi connectivity index (χ0) is 14.4. The van der Waals surface area contributed by atoms with Crippen LogP contribution in [0.25, 0.3) is 0 Å². The third-order valence-corrected chi connectivity index (χ3v) is 4.02. The van der Waals surface area contributed by atoms with Crippen molar-refractivity contribution in [3.63, 3.8) is 0 Å². The molecule has 0 unspecified atom stereocenters. The van der Waals surface area contributed by atoms with E-state index in [1.807, 2.05) is 0 Å². The van der Waals surface area contributed by atoms with E-state index in [0.29, 0.717) is 6.04 Å². The molecule has 1 aliphatic rings. The molecule has 0 aliphatic carbocycles. The van der Waals surface area contributed by atoms with Crippen LogP contribution in [0.5, 0.6) is 5.75 Å². The van der Waals surface area contributed by atoms with Crippen LogP contribution >= 0.6 is 0 Å². The molecule has 112 valence electrons. The minimum Gasteiger partial charge on any atom is -0.491 e. The number of morpholine rings is 1. The van der Waals surface area contributed by atoms with Crippen LogP contribution < -0.4 is 4.74 Å². The highest BCUT2D eigenvalue weighted by atomic mass is 16.5. The molecule has 0 aromatic heterocycles. The maximum absolute atomic E-state index is 5.96. The summed E-state index contributed by atoms with van der Waals surface area (Å²) in [6, 6.07) is 8.91. The molecule has 3 nitrogen and oxygen atoms in total. The van der Waals surface area contributed by atoms with Gasteiger partial charge in [0, 0.05) is 19.1 Å². The van der Waals surface area contributed by atoms with E-state index in [-0.39, 0.29) is 6.10 Å². The van der Waals surface area contributed by atoms with Gasteiger partial charge in [-0.25, -0.2) is 0 Å². The van der Waals surface area contributed by atoms with Crippen LogP contribution in [-0.4, -0.2) is 43.3 Å². The number of ether oxygens (including phenoxy) is 2. The van der Waals surface area contributed by atoms with E-state index < -0.39 is 0 Å². The molecule has 1 aliphatic heterocycles. The lowest BCUT2D eigenvalue weighted by Crippen LogP contribution is -2.42. The Hall–Kier alpha value is -1.06. The van der Waals surface area contributed by atoms with Gasteiger partial charge >= 0.3 is 0 Å². The number of hydrogen-bond acceptors (Lipinski definition) is 3. The van der Waals surface area contributed by atoms with Crippen LogP contribution in [0.3, 0.4) is 0 Å². The first-order valence-electron chi connectivity index (χ1n) is 7.70. The fraction of sp³-hybridized carbons (Fsp3) is 0.647. The molecule has 0 amide bonds. The molecular formula is C17H27NO2. The molecule has 1 heterocycles. The van der Waals surface area contributed by atoms with E-state index in [0.717, 1.165) is 38.5 Å². The molecule has 3 heteroatoms. The smallest absolute Gasteiger partial charge is 0.119 e. The first kappa shape index (κ1) is 15.3. The van der Waals surface area contributed by atoms with Gasteiger partial charge in [0.05, 0.1) is 19.3 Å². The normalized spacial score (nSPS) is 19.6. The molecule has 1 saturated heterocycles. The Bertz CT molecular complexity index is 384. The van der Waals surface area contributed by atoms with Crippen molar-refractivity contribution < 1.29 is 9.47 Å². The van der Waals surface area contributed by atoms with Crippen molar-refractivity contribution in [3.05, 3.63) is 29.8 Å². The van der Waals surface area contributed by atoms with Crippen molar-refractivity contribution >= 4 is 0 Å². The lowest BCUT2D eigenvalue weighted by Gasteiger charge is -2.32. The van der Waals surface area contributed by atoms with Gasteiger partial charge in [-0.2, -0.15) is 0 Å². The predicted molar refractivity (Wildman–Crippen MR) is 82.4 cm³/mol. The van der Waals surface area contributed by atoms with Crippen LogP contribution in [0.4, 0.5) is 0 Å². The van der Waals surface area contributed by atoms with Crippen LogP contribution in [-0.2, 0) is 4.74 Å². The molecule has 0 saturated carbocycles. The van der Waals surface area contributed by atoms with Crippen LogP contribution in [0.15, 0.2) is 24.3 Å². The minimum absolute atomic E-state index is 0.265. The zero-order valence-electron chi connectivity index (χ0n) is 13.0. The Morgan fingerprint density at radius 3 is 2.40 bits per heavy atom. The molecule has 1 aromatic carbocycles. The fourth-order valence-electron chi connectivity index (χ4n) is 2.58. The SMILES string of the molecule is Cc1ccc(O[C@@H](C)CC[C@H](C)N2CCOCC2)cc1. The first-order valence-corrected chi connectivity index (χ1v) is 7.70. The van der Waals surface area contributed by atoms with Crippen molar-refractivity contribution in [2.24, 2.45) is 0 Å². The summed E-state index contributed by atoms with van der Waals surface area (Å²) in [7, 11) is 0. The van der Waals surface area contributed by atoms with Crippen molar-refractivity contribution in [3.8, 4) is 5.75 Å². The van der Waals surface area contributed by atoms with E-state index in [1.54, 1.807) is 0 Å². The summed E-state index contributed by atoms with van der Waals surface area (Å²) in [5.74, 6) is 0.974. The molecule has 2 rings (SSSR count). The van der Waals surface area contributed by atoms with Crippen molar-refractivity contribution in [2.75, 3.05) is 26.3 Å². The summed E-state index contributed by atoms with van der Waals surface area (Å²) in [5, 5.41) is 0. The molecule has 1 fully saturated rings. The summed E-state index contributed by atoms with van der Waals surface area (Å²) in [6.07, 6.45) is 2.53. The van der Waals surface area contributed by atoms with E-state index in [9.17, 15) is 0 Å². The second kappa shape index (κ2) is 7.65. The highest BCUT2D eigenvalue weighted by molar-refractivity contribution is 5.26. The molecule has 0 radical (unpaired) electrons. The molecule has 1 aromatic rings. The van der Waals surface area contributed by atoms with Gasteiger partial charge in [-0.1, -0.05) is 17.7 Å². The van der Waals surface area contributed by atoms with Crippen molar-refractivity contribution in [1.29, 1.82) is 0 Å². The van der Waals surface area contributed by atoms with Gasteiger partial charge in [0.15, 0.2) is 0 Å². The fourth-order valence-corrected chi connectivity index (χ4v) is 2.58. The Morgan fingerprint density at radius 1 is 1.10 bits per heavy atom. The van der Waals surface area contributed by atoms with E-state index >= 15 is 0 Å². The molecule has 20 heavy (non-hydrogen) atoms. The van der Waals surface area contributed by atoms with Gasteiger partial charge in [0.2, 0.25) is 0 Å². The number of hydrogen-bond donors (Lipinski definition) is 0. The Labute approximate surface area is 122 Å². The number of aryl methyl sites for hydroxylation is 1. The highest BCUT2D eigenvalue weighted by Gasteiger charge is 2.17. The summed E-state index contributed by atoms with van der Waals surface area (Å²) < 4.78 is 11.4. The molecule has 2 atom stereocenters.